The second-order valence-electron chi connectivity index (χ2n) is 5.68. The number of carboxylic acids is 1. The minimum atomic E-state index is -1.21. The fraction of sp³-hybridized carbons (Fsp3) is 0.611. The van der Waals surface area contributed by atoms with Crippen molar-refractivity contribution in [2.75, 3.05) is 7.11 Å². The van der Waals surface area contributed by atoms with Crippen LogP contribution in [0.15, 0.2) is 23.8 Å². The van der Waals surface area contributed by atoms with Gasteiger partial charge >= 0.3 is 11.9 Å². The highest BCUT2D eigenvalue weighted by Crippen LogP contribution is 2.14. The van der Waals surface area contributed by atoms with Gasteiger partial charge in [0, 0.05) is 24.0 Å². The SMILES string of the molecule is C=CC(CC(C(=O)O)=C(C)C(=O)OC)NC(=O)CCCCCCC. The summed E-state index contributed by atoms with van der Waals surface area (Å²) in [4.78, 5) is 34.8. The third-order valence-corrected chi connectivity index (χ3v) is 3.76. The minimum absolute atomic E-state index is 0.0126. The first-order chi connectivity index (χ1) is 11.4. The Labute approximate surface area is 144 Å². The Morgan fingerprint density at radius 3 is 2.33 bits per heavy atom. The van der Waals surface area contributed by atoms with E-state index in [1.54, 1.807) is 0 Å². The van der Waals surface area contributed by atoms with Crippen LogP contribution < -0.4 is 5.32 Å². The molecule has 0 heterocycles. The summed E-state index contributed by atoms with van der Waals surface area (Å²) in [5, 5.41) is 12.0. The van der Waals surface area contributed by atoms with Crippen molar-refractivity contribution < 1.29 is 24.2 Å². The molecule has 0 aromatic heterocycles. The second-order valence-corrected chi connectivity index (χ2v) is 5.68. The van der Waals surface area contributed by atoms with E-state index in [0.29, 0.717) is 6.42 Å². The first-order valence-corrected chi connectivity index (χ1v) is 8.30. The highest BCUT2D eigenvalue weighted by Gasteiger charge is 2.21. The molecule has 1 atom stereocenters. The first kappa shape index (κ1) is 21.9. The monoisotopic (exact) mass is 339 g/mol. The molecule has 136 valence electrons. The van der Waals surface area contributed by atoms with E-state index >= 15 is 0 Å². The van der Waals surface area contributed by atoms with Crippen LogP contribution in [-0.2, 0) is 19.1 Å². The van der Waals surface area contributed by atoms with E-state index in [2.05, 4.69) is 23.6 Å². The lowest BCUT2D eigenvalue weighted by molar-refractivity contribution is -0.138. The van der Waals surface area contributed by atoms with Crippen molar-refractivity contribution in [3.63, 3.8) is 0 Å². The molecule has 0 aromatic rings. The number of esters is 1. The number of ether oxygens (including phenoxy) is 1. The Morgan fingerprint density at radius 2 is 1.83 bits per heavy atom. The van der Waals surface area contributed by atoms with Crippen molar-refractivity contribution in [1.29, 1.82) is 0 Å². The van der Waals surface area contributed by atoms with E-state index in [4.69, 9.17) is 0 Å². The van der Waals surface area contributed by atoms with Gasteiger partial charge in [0.1, 0.15) is 0 Å². The number of aliphatic carboxylic acids is 1. The molecular weight excluding hydrogens is 310 g/mol. The van der Waals surface area contributed by atoms with E-state index in [0.717, 1.165) is 32.1 Å². The number of carbonyl (C=O) groups is 3. The summed E-state index contributed by atoms with van der Waals surface area (Å²) in [6.07, 6.45) is 7.09. The van der Waals surface area contributed by atoms with Crippen LogP contribution in [0.3, 0.4) is 0 Å². The minimum Gasteiger partial charge on any atom is -0.478 e. The van der Waals surface area contributed by atoms with Gasteiger partial charge in [-0.2, -0.15) is 0 Å². The molecular formula is C18H29NO5. The van der Waals surface area contributed by atoms with Gasteiger partial charge in [-0.15, -0.1) is 6.58 Å². The van der Waals surface area contributed by atoms with Crippen LogP contribution in [0.1, 0.15) is 58.8 Å². The number of carbonyl (C=O) groups excluding carboxylic acids is 2. The molecule has 1 unspecified atom stereocenters. The lowest BCUT2D eigenvalue weighted by Crippen LogP contribution is -2.34. The van der Waals surface area contributed by atoms with Crippen molar-refractivity contribution in [3.8, 4) is 0 Å². The molecule has 0 saturated heterocycles. The summed E-state index contributed by atoms with van der Waals surface area (Å²) < 4.78 is 4.55. The van der Waals surface area contributed by atoms with E-state index in [1.165, 1.54) is 20.1 Å². The van der Waals surface area contributed by atoms with Gasteiger partial charge in [-0.25, -0.2) is 9.59 Å². The number of hydrogen-bond donors (Lipinski definition) is 2. The van der Waals surface area contributed by atoms with E-state index in [9.17, 15) is 19.5 Å². The molecule has 0 rings (SSSR count). The lowest BCUT2D eigenvalue weighted by Gasteiger charge is -2.16. The van der Waals surface area contributed by atoms with Crippen molar-refractivity contribution in [1.82, 2.24) is 5.32 Å². The molecule has 6 nitrogen and oxygen atoms in total. The van der Waals surface area contributed by atoms with E-state index in [1.807, 2.05) is 0 Å². The van der Waals surface area contributed by atoms with Crippen LogP contribution in [0.5, 0.6) is 0 Å². The van der Waals surface area contributed by atoms with Crippen LogP contribution in [0.2, 0.25) is 0 Å². The number of rotatable bonds is 12. The van der Waals surface area contributed by atoms with Crippen molar-refractivity contribution in [2.45, 2.75) is 64.8 Å². The Bertz CT molecular complexity index is 482. The molecule has 0 aliphatic rings. The van der Waals surface area contributed by atoms with Crippen LogP contribution in [0, 0.1) is 0 Å². The summed E-state index contributed by atoms with van der Waals surface area (Å²) in [6, 6.07) is -0.543. The number of methoxy groups -OCH3 is 1. The maximum absolute atomic E-state index is 11.9. The standard InChI is InChI=1S/C18H29NO5/c1-5-7-8-9-10-11-16(20)19-14(6-2)12-15(17(21)22)13(3)18(23)24-4/h6,14H,2,5,7-12H2,1,3-4H3,(H,19,20)(H,21,22). The smallest absolute Gasteiger partial charge is 0.333 e. The molecule has 0 aliphatic heterocycles. The predicted octanol–water partition coefficient (Wildman–Crippen LogP) is 2.98. The molecule has 2 N–H and O–H groups in total. The molecule has 0 bridgehead atoms. The molecule has 6 heteroatoms. The summed E-state index contributed by atoms with van der Waals surface area (Å²) in [5.41, 5.74) is -0.0688. The average molecular weight is 339 g/mol. The van der Waals surface area contributed by atoms with Crippen LogP contribution >= 0.6 is 0 Å². The van der Waals surface area contributed by atoms with Crippen molar-refractivity contribution in [3.05, 3.63) is 23.8 Å². The lowest BCUT2D eigenvalue weighted by atomic mass is 10.0. The summed E-state index contributed by atoms with van der Waals surface area (Å²) in [7, 11) is 1.19. The number of carboxylic acid groups (broad SMARTS) is 1. The van der Waals surface area contributed by atoms with E-state index in [-0.39, 0.29) is 23.5 Å². The predicted molar refractivity (Wildman–Crippen MR) is 92.5 cm³/mol. The molecule has 0 aromatic carbocycles. The zero-order chi connectivity index (χ0) is 18.5. The Hall–Kier alpha value is -2.11. The highest BCUT2D eigenvalue weighted by molar-refractivity contribution is 5.99. The van der Waals surface area contributed by atoms with Gasteiger partial charge in [-0.1, -0.05) is 38.7 Å². The first-order valence-electron chi connectivity index (χ1n) is 8.30. The molecule has 0 saturated carbocycles. The largest absolute Gasteiger partial charge is 0.478 e. The number of amides is 1. The molecule has 0 aliphatic carbocycles. The van der Waals surface area contributed by atoms with Gasteiger partial charge in [0.05, 0.1) is 13.2 Å². The molecule has 0 fully saturated rings. The van der Waals surface area contributed by atoms with Gasteiger partial charge in [0.25, 0.3) is 0 Å². The maximum atomic E-state index is 11.9. The van der Waals surface area contributed by atoms with Crippen LogP contribution in [-0.4, -0.2) is 36.1 Å². The van der Waals surface area contributed by atoms with Gasteiger partial charge in [-0.05, 0) is 13.3 Å². The maximum Gasteiger partial charge on any atom is 0.333 e. The highest BCUT2D eigenvalue weighted by atomic mass is 16.5. The average Bonchev–Trinajstić information content (AvgIpc) is 2.56. The summed E-state index contributed by atoms with van der Waals surface area (Å²) in [5.74, 6) is -2.05. The van der Waals surface area contributed by atoms with Crippen molar-refractivity contribution >= 4 is 17.8 Å². The number of hydrogen-bond acceptors (Lipinski definition) is 4. The van der Waals surface area contributed by atoms with E-state index < -0.39 is 18.0 Å². The quantitative estimate of drug-likeness (QED) is 0.247. The fourth-order valence-corrected chi connectivity index (χ4v) is 2.26. The fourth-order valence-electron chi connectivity index (χ4n) is 2.26. The third-order valence-electron chi connectivity index (χ3n) is 3.76. The zero-order valence-electron chi connectivity index (χ0n) is 14.9. The van der Waals surface area contributed by atoms with Gasteiger partial charge in [0.15, 0.2) is 0 Å². The van der Waals surface area contributed by atoms with Gasteiger partial charge < -0.3 is 15.2 Å². The molecule has 0 spiro atoms. The van der Waals surface area contributed by atoms with Gasteiger partial charge in [0.2, 0.25) is 5.91 Å². The third kappa shape index (κ3) is 8.50. The normalized spacial score (nSPS) is 12.8. The second kappa shape index (κ2) is 12.3. The van der Waals surface area contributed by atoms with Gasteiger partial charge in [-0.3, -0.25) is 4.79 Å². The van der Waals surface area contributed by atoms with Crippen molar-refractivity contribution in [2.24, 2.45) is 0 Å². The summed E-state index contributed by atoms with van der Waals surface area (Å²) in [6.45, 7) is 7.15. The molecule has 1 amide bonds. The Balaban J connectivity index is 4.67. The van der Waals surface area contributed by atoms with Crippen LogP contribution in [0.4, 0.5) is 0 Å². The number of nitrogens with one attached hydrogen (secondary N) is 1. The zero-order valence-corrected chi connectivity index (χ0v) is 14.9. The molecule has 0 radical (unpaired) electrons. The summed E-state index contributed by atoms with van der Waals surface area (Å²) >= 11 is 0. The van der Waals surface area contributed by atoms with Crippen LogP contribution in [0.25, 0.3) is 0 Å². The topological polar surface area (TPSA) is 92.7 Å². The Kier molecular flexibility index (Phi) is 11.2. The number of unbranched alkanes of at least 4 members (excludes halogenated alkanes) is 4. The Morgan fingerprint density at radius 1 is 1.21 bits per heavy atom. The molecule has 24 heavy (non-hydrogen) atoms.